The molecule has 3 aliphatic rings. The van der Waals surface area contributed by atoms with E-state index < -0.39 is 17.9 Å². The molecular weight excluding hydrogens is 364 g/mol. The highest BCUT2D eigenvalue weighted by Crippen LogP contribution is 2.51. The maximum absolute atomic E-state index is 12.3. The Balaban J connectivity index is 1.79. The zero-order valence-corrected chi connectivity index (χ0v) is 15.3. The summed E-state index contributed by atoms with van der Waals surface area (Å²) < 4.78 is 0. The van der Waals surface area contributed by atoms with E-state index in [-0.39, 0.29) is 23.0 Å². The van der Waals surface area contributed by atoms with Crippen LogP contribution in [-0.4, -0.2) is 27.1 Å². The molecule has 2 fully saturated rings. The van der Waals surface area contributed by atoms with Crippen LogP contribution in [0.25, 0.3) is 10.2 Å². The summed E-state index contributed by atoms with van der Waals surface area (Å²) in [5.74, 6) is -2.50. The highest BCUT2D eigenvalue weighted by molar-refractivity contribution is 7.16. The number of thiophene rings is 1. The molecule has 0 radical (unpaired) electrons. The van der Waals surface area contributed by atoms with E-state index in [9.17, 15) is 19.8 Å². The largest absolute Gasteiger partial charge is 0.478 e. The summed E-state index contributed by atoms with van der Waals surface area (Å²) in [6.45, 7) is 0. The Hall–Kier alpha value is -2.67. The van der Waals surface area contributed by atoms with Crippen LogP contribution in [-0.2, 0) is 9.59 Å². The van der Waals surface area contributed by atoms with E-state index in [4.69, 9.17) is 0 Å². The molecule has 0 amide bonds. The number of nitrogens with zero attached hydrogens (tertiary/aromatic N) is 1. The van der Waals surface area contributed by atoms with Crippen molar-refractivity contribution in [3.8, 4) is 0 Å². The van der Waals surface area contributed by atoms with Gasteiger partial charge in [-0.05, 0) is 54.5 Å². The van der Waals surface area contributed by atoms with Crippen molar-refractivity contribution < 1.29 is 19.8 Å². The second kappa shape index (κ2) is 5.92. The lowest BCUT2D eigenvalue weighted by Crippen LogP contribution is -2.34. The fraction of sp³-hybridized carbons (Fsp3) is 0.350. The molecule has 0 spiro atoms. The van der Waals surface area contributed by atoms with Gasteiger partial charge in [-0.2, -0.15) is 0 Å². The third-order valence-corrected chi connectivity index (χ3v) is 6.47. The number of allylic oxidation sites excluding steroid dienone is 2. The fourth-order valence-corrected chi connectivity index (χ4v) is 4.96. The molecule has 0 atom stereocenters. The summed E-state index contributed by atoms with van der Waals surface area (Å²) in [7, 11) is 0. The van der Waals surface area contributed by atoms with Gasteiger partial charge in [0.25, 0.3) is 0 Å². The first-order chi connectivity index (χ1) is 13.1. The minimum absolute atomic E-state index is 0.183. The number of carboxylic acids is 2. The third-order valence-electron chi connectivity index (χ3n) is 5.55. The first-order valence-electron chi connectivity index (χ1n) is 9.10. The number of hydrogen-bond donors (Lipinski definition) is 3. The second-order valence-corrected chi connectivity index (χ2v) is 8.28. The second-order valence-electron chi connectivity index (χ2n) is 7.42. The maximum atomic E-state index is 12.3. The first kappa shape index (κ1) is 16.5. The molecule has 3 heterocycles. The van der Waals surface area contributed by atoms with E-state index in [0.29, 0.717) is 11.4 Å². The van der Waals surface area contributed by atoms with Crippen LogP contribution < -0.4 is 5.32 Å². The average molecular weight is 382 g/mol. The molecule has 138 valence electrons. The molecule has 0 saturated heterocycles. The van der Waals surface area contributed by atoms with Crippen molar-refractivity contribution in [2.45, 2.75) is 31.6 Å². The highest BCUT2D eigenvalue weighted by Gasteiger charge is 2.46. The summed E-state index contributed by atoms with van der Waals surface area (Å²) >= 11 is 1.42. The molecular formula is C20H18N2O4S. The number of carbonyl (C=O) groups is 2. The minimum atomic E-state index is -1.05. The Labute approximate surface area is 159 Å². The number of fused-ring (bicyclic) bond motifs is 1. The Bertz CT molecular complexity index is 997. The summed E-state index contributed by atoms with van der Waals surface area (Å²) in [6.07, 6.45) is 5.46. The lowest BCUT2D eigenvalue weighted by molar-refractivity contribution is -0.133. The zero-order chi connectivity index (χ0) is 18.7. The van der Waals surface area contributed by atoms with Gasteiger partial charge in [-0.15, -0.1) is 11.3 Å². The van der Waals surface area contributed by atoms with Crippen LogP contribution in [0.3, 0.4) is 0 Å². The monoisotopic (exact) mass is 382 g/mol. The number of rotatable bonds is 5. The predicted octanol–water partition coefficient (Wildman–Crippen LogP) is 3.48. The van der Waals surface area contributed by atoms with Gasteiger partial charge in [0, 0.05) is 23.0 Å². The predicted molar refractivity (Wildman–Crippen MR) is 100 cm³/mol. The molecule has 7 heteroatoms. The van der Waals surface area contributed by atoms with Crippen molar-refractivity contribution in [2.24, 2.45) is 11.8 Å². The molecule has 0 bridgehead atoms. The normalized spacial score (nSPS) is 20.9. The van der Waals surface area contributed by atoms with E-state index >= 15 is 0 Å². The van der Waals surface area contributed by atoms with Crippen molar-refractivity contribution in [1.82, 2.24) is 10.3 Å². The Morgan fingerprint density at radius 3 is 2.15 bits per heavy atom. The molecule has 2 aromatic rings. The van der Waals surface area contributed by atoms with Crippen LogP contribution in [0.4, 0.5) is 0 Å². The number of aromatic nitrogens is 1. The SMILES string of the molecule is O=C(O)C1=C(C2CC2)NC(C2CC2)=C(C(=O)O)C1c1csc2ncccc12. The van der Waals surface area contributed by atoms with E-state index in [1.165, 1.54) is 11.3 Å². The minimum Gasteiger partial charge on any atom is -0.478 e. The van der Waals surface area contributed by atoms with Crippen LogP contribution in [0, 0.1) is 11.8 Å². The Morgan fingerprint density at radius 1 is 1.04 bits per heavy atom. The quantitative estimate of drug-likeness (QED) is 0.732. The van der Waals surface area contributed by atoms with Gasteiger partial charge in [0.05, 0.1) is 17.1 Å². The van der Waals surface area contributed by atoms with Crippen molar-refractivity contribution in [3.63, 3.8) is 0 Å². The van der Waals surface area contributed by atoms with Gasteiger partial charge in [0.15, 0.2) is 0 Å². The molecule has 1 aliphatic heterocycles. The van der Waals surface area contributed by atoms with Crippen molar-refractivity contribution in [1.29, 1.82) is 0 Å². The summed E-state index contributed by atoms with van der Waals surface area (Å²) in [6, 6.07) is 3.69. The van der Waals surface area contributed by atoms with Crippen LogP contribution >= 0.6 is 11.3 Å². The van der Waals surface area contributed by atoms with Crippen molar-refractivity contribution in [3.05, 3.63) is 51.8 Å². The highest BCUT2D eigenvalue weighted by atomic mass is 32.1. The number of carboxylic acid groups (broad SMARTS) is 2. The number of dihydropyridines is 1. The molecule has 5 rings (SSSR count). The molecule has 27 heavy (non-hydrogen) atoms. The van der Waals surface area contributed by atoms with Crippen molar-refractivity contribution >= 4 is 33.5 Å². The summed E-state index contributed by atoms with van der Waals surface area (Å²) in [4.78, 5) is 29.7. The molecule has 2 aromatic heterocycles. The Kier molecular flexibility index (Phi) is 3.62. The zero-order valence-electron chi connectivity index (χ0n) is 14.4. The topological polar surface area (TPSA) is 99.5 Å². The number of hydrogen-bond acceptors (Lipinski definition) is 5. The van der Waals surface area contributed by atoms with Gasteiger partial charge in [0.1, 0.15) is 4.83 Å². The standard InChI is InChI=1S/C20H18N2O4S/c23-19(24)14-13(12-8-27-18-11(12)2-1-7-21-18)15(20(25)26)17(10-5-6-10)22-16(14)9-3-4-9/h1-2,7-10,13,22H,3-6H2,(H,23,24)(H,25,26). The lowest BCUT2D eigenvalue weighted by atomic mass is 9.78. The van der Waals surface area contributed by atoms with Gasteiger partial charge in [-0.25, -0.2) is 14.6 Å². The third kappa shape index (κ3) is 2.65. The number of pyridine rings is 1. The van der Waals surface area contributed by atoms with Crippen molar-refractivity contribution in [2.75, 3.05) is 0 Å². The van der Waals surface area contributed by atoms with E-state index in [1.807, 2.05) is 11.4 Å². The molecule has 2 saturated carbocycles. The van der Waals surface area contributed by atoms with Gasteiger partial charge >= 0.3 is 11.9 Å². The molecule has 0 unspecified atom stereocenters. The molecule has 0 aromatic carbocycles. The van der Waals surface area contributed by atoms with Crippen LogP contribution in [0.15, 0.2) is 46.2 Å². The van der Waals surface area contributed by atoms with Gasteiger partial charge in [0.2, 0.25) is 0 Å². The maximum Gasteiger partial charge on any atom is 0.334 e. The molecule has 2 aliphatic carbocycles. The van der Waals surface area contributed by atoms with Crippen LogP contribution in [0.5, 0.6) is 0 Å². The van der Waals surface area contributed by atoms with E-state index in [1.54, 1.807) is 12.3 Å². The Morgan fingerprint density at radius 2 is 1.63 bits per heavy atom. The van der Waals surface area contributed by atoms with Gasteiger partial charge in [-0.1, -0.05) is 6.07 Å². The fourth-order valence-electron chi connectivity index (χ4n) is 4.02. The molecule has 3 N–H and O–H groups in total. The van der Waals surface area contributed by atoms with Gasteiger partial charge in [-0.3, -0.25) is 0 Å². The van der Waals surface area contributed by atoms with Gasteiger partial charge < -0.3 is 15.5 Å². The summed E-state index contributed by atoms with van der Waals surface area (Å²) in [5.41, 5.74) is 2.52. The molecule has 6 nitrogen and oxygen atoms in total. The smallest absolute Gasteiger partial charge is 0.334 e. The van der Waals surface area contributed by atoms with E-state index in [0.717, 1.165) is 41.5 Å². The van der Waals surface area contributed by atoms with E-state index in [2.05, 4.69) is 10.3 Å². The number of nitrogens with one attached hydrogen (secondary N) is 1. The number of aliphatic carboxylic acids is 2. The summed E-state index contributed by atoms with van der Waals surface area (Å²) in [5, 5.41) is 26.0. The van der Waals surface area contributed by atoms with Crippen LogP contribution in [0.2, 0.25) is 0 Å². The average Bonchev–Trinajstić information content (AvgIpc) is 3.56. The van der Waals surface area contributed by atoms with Crippen LogP contribution in [0.1, 0.15) is 37.2 Å². The first-order valence-corrected chi connectivity index (χ1v) is 9.98. The lowest BCUT2D eigenvalue weighted by Gasteiger charge is -2.31.